The largest absolute Gasteiger partial charge is 0.468 e. The summed E-state index contributed by atoms with van der Waals surface area (Å²) in [4.78, 5) is 37.2. The zero-order valence-electron chi connectivity index (χ0n) is 11.5. The van der Waals surface area contributed by atoms with Crippen molar-refractivity contribution in [2.75, 3.05) is 20.3 Å². The van der Waals surface area contributed by atoms with Crippen LogP contribution in [0.4, 0.5) is 0 Å². The molecular formula is C14H16O7. The summed E-state index contributed by atoms with van der Waals surface area (Å²) in [5.41, 5.74) is -1.98. The van der Waals surface area contributed by atoms with E-state index in [0.29, 0.717) is 0 Å². The number of aliphatic hydroxyl groups is 1. The predicted octanol–water partition coefficient (Wildman–Crippen LogP) is -0.632. The normalized spacial score (nSPS) is 37.6. The highest BCUT2D eigenvalue weighted by Crippen LogP contribution is 2.53. The number of esters is 1. The van der Waals surface area contributed by atoms with Crippen LogP contribution in [0.5, 0.6) is 0 Å². The fourth-order valence-electron chi connectivity index (χ4n) is 3.66. The molecule has 1 heterocycles. The molecule has 3 atom stereocenters. The van der Waals surface area contributed by atoms with Gasteiger partial charge in [-0.25, -0.2) is 0 Å². The SMILES string of the molecule is COC(=O)[C@@]12C(=O)CCC3(OCCO3)[C@@H]1C(=O)C=C[C@@H]2O. The van der Waals surface area contributed by atoms with Gasteiger partial charge in [0.2, 0.25) is 0 Å². The second-order valence-corrected chi connectivity index (χ2v) is 5.43. The lowest BCUT2D eigenvalue weighted by Gasteiger charge is -2.50. The Hall–Kier alpha value is -1.57. The van der Waals surface area contributed by atoms with E-state index in [1.165, 1.54) is 6.08 Å². The van der Waals surface area contributed by atoms with Crippen molar-refractivity contribution in [2.24, 2.45) is 11.3 Å². The lowest BCUT2D eigenvalue weighted by molar-refractivity contribution is -0.245. The van der Waals surface area contributed by atoms with E-state index in [2.05, 4.69) is 0 Å². The van der Waals surface area contributed by atoms with E-state index in [-0.39, 0.29) is 26.1 Å². The van der Waals surface area contributed by atoms with Gasteiger partial charge in [-0.2, -0.15) is 0 Å². The number of hydrogen-bond acceptors (Lipinski definition) is 7. The summed E-state index contributed by atoms with van der Waals surface area (Å²) < 4.78 is 15.9. The molecule has 0 radical (unpaired) electrons. The minimum absolute atomic E-state index is 0.0240. The Morgan fingerprint density at radius 3 is 2.67 bits per heavy atom. The Morgan fingerprint density at radius 1 is 1.38 bits per heavy atom. The van der Waals surface area contributed by atoms with Crippen LogP contribution in [0.25, 0.3) is 0 Å². The number of aliphatic hydroxyl groups excluding tert-OH is 1. The molecule has 7 nitrogen and oxygen atoms in total. The summed E-state index contributed by atoms with van der Waals surface area (Å²) in [5.74, 6) is -4.48. The lowest BCUT2D eigenvalue weighted by atomic mass is 9.56. The molecule has 0 aromatic carbocycles. The Labute approximate surface area is 120 Å². The van der Waals surface area contributed by atoms with Crippen molar-refractivity contribution in [1.82, 2.24) is 0 Å². The van der Waals surface area contributed by atoms with Gasteiger partial charge in [-0.1, -0.05) is 6.08 Å². The van der Waals surface area contributed by atoms with Crippen LogP contribution in [0.2, 0.25) is 0 Å². The quantitative estimate of drug-likeness (QED) is 0.508. The molecule has 114 valence electrons. The number of allylic oxidation sites excluding steroid dienone is 1. The zero-order valence-corrected chi connectivity index (χ0v) is 11.5. The van der Waals surface area contributed by atoms with Crippen molar-refractivity contribution >= 4 is 17.5 Å². The van der Waals surface area contributed by atoms with Gasteiger partial charge in [0.15, 0.2) is 22.8 Å². The molecule has 1 saturated carbocycles. The van der Waals surface area contributed by atoms with E-state index in [1.54, 1.807) is 0 Å². The second kappa shape index (κ2) is 4.72. The van der Waals surface area contributed by atoms with E-state index in [0.717, 1.165) is 13.2 Å². The molecule has 0 bridgehead atoms. The minimum Gasteiger partial charge on any atom is -0.468 e. The Kier molecular flexibility index (Phi) is 3.23. The number of fused-ring (bicyclic) bond motifs is 2. The molecule has 0 amide bonds. The fraction of sp³-hybridized carbons (Fsp3) is 0.643. The van der Waals surface area contributed by atoms with Crippen molar-refractivity contribution in [3.05, 3.63) is 12.2 Å². The Balaban J connectivity index is 2.21. The maximum absolute atomic E-state index is 12.5. The van der Waals surface area contributed by atoms with Gasteiger partial charge in [0.25, 0.3) is 0 Å². The number of carbonyl (C=O) groups is 3. The molecule has 7 heteroatoms. The summed E-state index contributed by atoms with van der Waals surface area (Å²) in [6, 6.07) is 0. The van der Waals surface area contributed by atoms with Gasteiger partial charge >= 0.3 is 5.97 Å². The predicted molar refractivity (Wildman–Crippen MR) is 67.0 cm³/mol. The lowest BCUT2D eigenvalue weighted by Crippen LogP contribution is -2.67. The zero-order chi connectivity index (χ0) is 15.3. The molecule has 0 aromatic rings. The monoisotopic (exact) mass is 296 g/mol. The number of hydrogen-bond donors (Lipinski definition) is 1. The van der Waals surface area contributed by atoms with E-state index in [9.17, 15) is 19.5 Å². The maximum Gasteiger partial charge on any atom is 0.323 e. The second-order valence-electron chi connectivity index (χ2n) is 5.43. The van der Waals surface area contributed by atoms with Crippen LogP contribution in [-0.4, -0.2) is 54.9 Å². The summed E-state index contributed by atoms with van der Waals surface area (Å²) in [6.07, 6.45) is 1.04. The van der Waals surface area contributed by atoms with Crippen LogP contribution < -0.4 is 0 Å². The van der Waals surface area contributed by atoms with Crippen LogP contribution in [0, 0.1) is 11.3 Å². The van der Waals surface area contributed by atoms with Crippen molar-refractivity contribution in [3.63, 3.8) is 0 Å². The van der Waals surface area contributed by atoms with Crippen LogP contribution >= 0.6 is 0 Å². The minimum atomic E-state index is -1.98. The first-order valence-electron chi connectivity index (χ1n) is 6.79. The standard InChI is InChI=1S/C14H16O7/c1-19-12(18)14-9(16)3-2-8(15)11(14)13(5-4-10(14)17)20-6-7-21-13/h2-3,9,11,16H,4-7H2,1H3/t9-,11-,14-/m0/s1. The molecule has 3 aliphatic rings. The average molecular weight is 296 g/mol. The summed E-state index contributed by atoms with van der Waals surface area (Å²) in [7, 11) is 1.12. The van der Waals surface area contributed by atoms with E-state index < -0.39 is 40.8 Å². The third kappa shape index (κ3) is 1.68. The first kappa shape index (κ1) is 14.4. The van der Waals surface area contributed by atoms with E-state index in [1.807, 2.05) is 0 Å². The topological polar surface area (TPSA) is 99.1 Å². The molecule has 1 saturated heterocycles. The number of carbonyl (C=O) groups excluding carboxylic acids is 3. The van der Waals surface area contributed by atoms with Crippen LogP contribution in [0.3, 0.4) is 0 Å². The highest BCUT2D eigenvalue weighted by Gasteiger charge is 2.71. The number of methoxy groups -OCH3 is 1. The number of rotatable bonds is 1. The van der Waals surface area contributed by atoms with Gasteiger partial charge in [0.1, 0.15) is 5.92 Å². The molecule has 1 spiro atoms. The highest BCUT2D eigenvalue weighted by molar-refractivity contribution is 6.13. The summed E-state index contributed by atoms with van der Waals surface area (Å²) >= 11 is 0. The molecular weight excluding hydrogens is 280 g/mol. The highest BCUT2D eigenvalue weighted by atomic mass is 16.7. The van der Waals surface area contributed by atoms with Crippen molar-refractivity contribution < 1.29 is 33.7 Å². The van der Waals surface area contributed by atoms with Gasteiger partial charge in [-0.15, -0.1) is 0 Å². The van der Waals surface area contributed by atoms with Crippen molar-refractivity contribution in [2.45, 2.75) is 24.7 Å². The Bertz CT molecular complexity index is 521. The van der Waals surface area contributed by atoms with Crippen molar-refractivity contribution in [3.8, 4) is 0 Å². The first-order chi connectivity index (χ1) is 9.99. The molecule has 2 fully saturated rings. The third-order valence-corrected chi connectivity index (χ3v) is 4.55. The van der Waals surface area contributed by atoms with Gasteiger partial charge < -0.3 is 19.3 Å². The van der Waals surface area contributed by atoms with Gasteiger partial charge in [0, 0.05) is 12.8 Å². The molecule has 21 heavy (non-hydrogen) atoms. The Morgan fingerprint density at radius 2 is 2.05 bits per heavy atom. The molecule has 1 aliphatic heterocycles. The molecule has 3 rings (SSSR count). The fourth-order valence-corrected chi connectivity index (χ4v) is 3.66. The molecule has 1 N–H and O–H groups in total. The molecule has 2 aliphatic carbocycles. The third-order valence-electron chi connectivity index (χ3n) is 4.55. The van der Waals surface area contributed by atoms with Crippen molar-refractivity contribution in [1.29, 1.82) is 0 Å². The summed E-state index contributed by atoms with van der Waals surface area (Å²) in [6.45, 7) is 0.546. The van der Waals surface area contributed by atoms with Crippen LogP contribution in [0.15, 0.2) is 12.2 Å². The van der Waals surface area contributed by atoms with Crippen LogP contribution in [-0.2, 0) is 28.6 Å². The van der Waals surface area contributed by atoms with Crippen LogP contribution in [0.1, 0.15) is 12.8 Å². The van der Waals surface area contributed by atoms with E-state index >= 15 is 0 Å². The van der Waals surface area contributed by atoms with Gasteiger partial charge in [-0.05, 0) is 6.08 Å². The number of Topliss-reactive ketones (excluding diaryl/α,β-unsaturated/α-hetero) is 1. The average Bonchev–Trinajstić information content (AvgIpc) is 2.94. The first-order valence-corrected chi connectivity index (χ1v) is 6.79. The number of ether oxygens (including phenoxy) is 3. The van der Waals surface area contributed by atoms with E-state index in [4.69, 9.17) is 14.2 Å². The van der Waals surface area contributed by atoms with Gasteiger partial charge in [-0.3, -0.25) is 14.4 Å². The number of ketones is 2. The molecule has 0 unspecified atom stereocenters. The maximum atomic E-state index is 12.5. The molecule has 0 aromatic heterocycles. The summed E-state index contributed by atoms with van der Waals surface area (Å²) in [5, 5.41) is 10.3. The smallest absolute Gasteiger partial charge is 0.323 e. The van der Waals surface area contributed by atoms with Gasteiger partial charge in [0.05, 0.1) is 26.4 Å².